The molecule has 1 amide bonds. The van der Waals surface area contributed by atoms with Gasteiger partial charge in [-0.2, -0.15) is 10.4 Å². The van der Waals surface area contributed by atoms with Crippen LogP contribution in [0.5, 0.6) is 17.5 Å². The van der Waals surface area contributed by atoms with Crippen molar-refractivity contribution in [1.82, 2.24) is 56.5 Å². The number of nitrogens with zero attached hydrogens (tertiary/aromatic N) is 8. The number of ether oxygens (including phenoxy) is 2. The van der Waals surface area contributed by atoms with Crippen LogP contribution < -0.4 is 20.5 Å². The topological polar surface area (TPSA) is 283 Å². The number of rotatable bonds is 22. The molecule has 0 aliphatic carbocycles. The number of nitrogens with one attached hydrogen (secondary N) is 3. The fraction of sp³-hybridized carbons (Fsp3) is 0.413. The molecule has 1 aliphatic rings. The lowest BCUT2D eigenvalue weighted by atomic mass is 9.81. The second-order valence-electron chi connectivity index (χ2n) is 16.6. The molecule has 5 heterocycles. The number of allylic oxidation sites excluding steroid dienone is 3. The lowest BCUT2D eigenvalue weighted by Gasteiger charge is -2.23. The maximum absolute atomic E-state index is 12.1. The lowest BCUT2D eigenvalue weighted by Crippen LogP contribution is -2.26. The molecular weight excluding hydrogens is 833 g/mol. The monoisotopic (exact) mass is 890 g/mol. The summed E-state index contributed by atoms with van der Waals surface area (Å²) in [7, 11) is 0. The quantitative estimate of drug-likeness (QED) is 0.0325. The summed E-state index contributed by atoms with van der Waals surface area (Å²) in [5.74, 6) is -1.21. The predicted octanol–water partition coefficient (Wildman–Crippen LogP) is 6.37. The Labute approximate surface area is 377 Å². The molecule has 19 heteroatoms. The van der Waals surface area contributed by atoms with Gasteiger partial charge in [-0.15, -0.1) is 20.4 Å². The van der Waals surface area contributed by atoms with Crippen LogP contribution in [0.1, 0.15) is 105 Å². The molecule has 7 N–H and O–H groups in total. The van der Waals surface area contributed by atoms with Gasteiger partial charge in [-0.3, -0.25) is 14.4 Å². The van der Waals surface area contributed by atoms with E-state index in [0.717, 1.165) is 36.1 Å². The Morgan fingerprint density at radius 1 is 0.815 bits per heavy atom. The second-order valence-corrected chi connectivity index (χ2v) is 16.6. The number of nitrogens with two attached hydrogens (primary N) is 1. The first kappa shape index (κ1) is 48.9. The van der Waals surface area contributed by atoms with E-state index < -0.39 is 41.5 Å². The SMILES string of the molecule is C=C/C=C(Oc1ccc(C[C@H](c2nn[nH]n2)[C@H](CC(C)C)C(=O)O)cn1)\C(=C/C)C1CCCN1.CC(C)C[C@H](C(=O)O)[C@H](Cc1ccc(Oc2ccc(C(N)=O)cc2)nc1)c1nn[nH]n1. The normalized spacial score (nSPS) is 16.0. The number of carboxylic acid groups (broad SMARTS) is 2. The summed E-state index contributed by atoms with van der Waals surface area (Å²) in [6, 6.07) is 13.9. The number of aliphatic carboxylic acids is 2. The van der Waals surface area contributed by atoms with Crippen LogP contribution in [0.2, 0.25) is 0 Å². The van der Waals surface area contributed by atoms with Crippen molar-refractivity contribution < 1.29 is 34.1 Å². The highest BCUT2D eigenvalue weighted by Gasteiger charge is 2.34. The molecule has 65 heavy (non-hydrogen) atoms. The van der Waals surface area contributed by atoms with E-state index in [0.29, 0.717) is 66.2 Å². The summed E-state index contributed by atoms with van der Waals surface area (Å²) in [5, 5.41) is 51.5. The molecule has 1 saturated heterocycles. The molecular formula is C46H58N12O7. The highest BCUT2D eigenvalue weighted by molar-refractivity contribution is 5.92. The molecule has 1 fully saturated rings. The minimum absolute atomic E-state index is 0.199. The Hall–Kier alpha value is -7.15. The molecule has 1 unspecified atom stereocenters. The van der Waals surface area contributed by atoms with Crippen molar-refractivity contribution >= 4 is 17.8 Å². The number of carboxylic acids is 2. The number of H-pyrrole nitrogens is 2. The molecule has 1 aliphatic heterocycles. The number of hydrogen-bond donors (Lipinski definition) is 6. The number of tetrazole rings is 2. The Kier molecular flexibility index (Phi) is 18.1. The van der Waals surface area contributed by atoms with Gasteiger partial charge in [0, 0.05) is 53.5 Å². The third-order valence-corrected chi connectivity index (χ3v) is 10.8. The van der Waals surface area contributed by atoms with Gasteiger partial charge in [-0.05, 0) is 105 Å². The van der Waals surface area contributed by atoms with E-state index in [1.807, 2.05) is 52.8 Å². The summed E-state index contributed by atoms with van der Waals surface area (Å²) in [5.41, 5.74) is 8.39. The number of benzene rings is 1. The van der Waals surface area contributed by atoms with Gasteiger partial charge >= 0.3 is 11.9 Å². The van der Waals surface area contributed by atoms with E-state index in [1.165, 1.54) is 0 Å². The summed E-state index contributed by atoms with van der Waals surface area (Å²) in [6.45, 7) is 14.8. The molecule has 0 spiro atoms. The van der Waals surface area contributed by atoms with Crippen LogP contribution in [0, 0.1) is 23.7 Å². The first-order chi connectivity index (χ1) is 31.3. The van der Waals surface area contributed by atoms with Gasteiger partial charge in [0.15, 0.2) is 11.6 Å². The number of carbonyl (C=O) groups is 3. The second kappa shape index (κ2) is 24.1. The Morgan fingerprint density at radius 3 is 1.74 bits per heavy atom. The number of aromatic amines is 2. The zero-order valence-corrected chi connectivity index (χ0v) is 37.3. The van der Waals surface area contributed by atoms with E-state index >= 15 is 0 Å². The van der Waals surface area contributed by atoms with Crippen molar-refractivity contribution in [3.8, 4) is 17.5 Å². The average Bonchev–Trinajstić information content (AvgIpc) is 4.11. The Balaban J connectivity index is 0.000000245. The number of pyridine rings is 2. The molecule has 4 aromatic heterocycles. The Morgan fingerprint density at radius 2 is 1.35 bits per heavy atom. The van der Waals surface area contributed by atoms with E-state index in [9.17, 15) is 24.6 Å². The van der Waals surface area contributed by atoms with Crippen LogP contribution in [-0.4, -0.2) is 91.9 Å². The van der Waals surface area contributed by atoms with Gasteiger partial charge < -0.3 is 30.7 Å². The average molecular weight is 891 g/mol. The molecule has 1 aromatic carbocycles. The van der Waals surface area contributed by atoms with E-state index in [2.05, 4.69) is 69.2 Å². The van der Waals surface area contributed by atoms with Crippen molar-refractivity contribution in [3.63, 3.8) is 0 Å². The van der Waals surface area contributed by atoms with Crippen LogP contribution in [0.25, 0.3) is 0 Å². The molecule has 0 saturated carbocycles. The van der Waals surface area contributed by atoms with Crippen LogP contribution >= 0.6 is 0 Å². The van der Waals surface area contributed by atoms with Gasteiger partial charge in [0.2, 0.25) is 17.7 Å². The highest BCUT2D eigenvalue weighted by Crippen LogP contribution is 2.33. The number of primary amides is 1. The number of aromatic nitrogens is 10. The fourth-order valence-electron chi connectivity index (χ4n) is 7.74. The van der Waals surface area contributed by atoms with Gasteiger partial charge in [-0.1, -0.05) is 69.0 Å². The third kappa shape index (κ3) is 14.4. The van der Waals surface area contributed by atoms with Gasteiger partial charge in [-0.25, -0.2) is 9.97 Å². The maximum atomic E-state index is 12.1. The third-order valence-electron chi connectivity index (χ3n) is 10.8. The summed E-state index contributed by atoms with van der Waals surface area (Å²) in [4.78, 5) is 43.9. The summed E-state index contributed by atoms with van der Waals surface area (Å²) in [6.07, 6.45) is 13.0. The summed E-state index contributed by atoms with van der Waals surface area (Å²) >= 11 is 0. The van der Waals surface area contributed by atoms with Crippen molar-refractivity contribution in [1.29, 1.82) is 0 Å². The van der Waals surface area contributed by atoms with Crippen LogP contribution in [0.15, 0.2) is 97.1 Å². The minimum atomic E-state index is -0.893. The predicted molar refractivity (Wildman–Crippen MR) is 240 cm³/mol. The smallest absolute Gasteiger partial charge is 0.307 e. The van der Waals surface area contributed by atoms with Gasteiger partial charge in [0.05, 0.1) is 11.8 Å². The van der Waals surface area contributed by atoms with E-state index in [1.54, 1.807) is 54.9 Å². The van der Waals surface area contributed by atoms with E-state index in [-0.39, 0.29) is 17.9 Å². The van der Waals surface area contributed by atoms with Crippen molar-refractivity contribution in [2.75, 3.05) is 6.54 Å². The van der Waals surface area contributed by atoms with Crippen molar-refractivity contribution in [3.05, 3.63) is 125 Å². The fourth-order valence-corrected chi connectivity index (χ4v) is 7.74. The number of amides is 1. The maximum Gasteiger partial charge on any atom is 0.307 e. The van der Waals surface area contributed by atoms with Crippen LogP contribution in [0.4, 0.5) is 0 Å². The standard InChI is InChI=1S/C25H34N6O3.C21H24N6O4/c1-5-8-22(18(6-2)21-9-7-12-26-21)34-23-11-10-17(15-27-23)14-19(24-28-30-31-29-24)20(25(32)33)13-16(3)4;1-12(2)9-17(21(29)30)16(20-24-26-27-25-20)10-13-3-8-18(23-11-13)31-15-6-4-14(5-7-15)19(22)28/h5-6,8,10-11,15-16,19-21,26H,1,7,9,12-14H2,2-4H3,(H,32,33)(H,28,29,30,31);3-8,11-12,16-17H,9-10H2,1-2H3,(H2,22,28)(H,29,30)(H,24,25,26,27)/b18-6-,22-8+;/t19-,20-,21?;16-,17-/m00/s1. The highest BCUT2D eigenvalue weighted by atomic mass is 16.5. The molecule has 5 aromatic rings. The summed E-state index contributed by atoms with van der Waals surface area (Å²) < 4.78 is 11.8. The molecule has 0 bridgehead atoms. The van der Waals surface area contributed by atoms with Crippen LogP contribution in [0.3, 0.4) is 0 Å². The molecule has 19 nitrogen and oxygen atoms in total. The molecule has 344 valence electrons. The zero-order valence-electron chi connectivity index (χ0n) is 37.3. The first-order valence-electron chi connectivity index (χ1n) is 21.6. The van der Waals surface area contributed by atoms with Crippen molar-refractivity contribution in [2.45, 2.75) is 91.0 Å². The zero-order chi connectivity index (χ0) is 46.9. The van der Waals surface area contributed by atoms with Crippen molar-refractivity contribution in [2.24, 2.45) is 29.4 Å². The lowest BCUT2D eigenvalue weighted by molar-refractivity contribution is -0.144. The number of carbonyl (C=O) groups excluding carboxylic acids is 1. The first-order valence-corrected chi connectivity index (χ1v) is 21.6. The Bertz CT molecular complexity index is 2330. The van der Waals surface area contributed by atoms with Crippen LogP contribution in [-0.2, 0) is 22.4 Å². The van der Waals surface area contributed by atoms with Gasteiger partial charge in [0.1, 0.15) is 11.5 Å². The minimum Gasteiger partial charge on any atom is -0.481 e. The molecule has 6 rings (SSSR count). The number of hydrogen-bond acceptors (Lipinski definition) is 14. The molecule has 0 radical (unpaired) electrons. The van der Waals surface area contributed by atoms with Gasteiger partial charge in [0.25, 0.3) is 0 Å². The molecule has 5 atom stereocenters. The van der Waals surface area contributed by atoms with E-state index in [4.69, 9.17) is 15.2 Å². The largest absolute Gasteiger partial charge is 0.481 e.